The Balaban J connectivity index is 1.50. The van der Waals surface area contributed by atoms with Crippen molar-refractivity contribution in [1.29, 1.82) is 0 Å². The van der Waals surface area contributed by atoms with Crippen LogP contribution in [-0.4, -0.2) is 35.6 Å². The first kappa shape index (κ1) is 19.1. The van der Waals surface area contributed by atoms with E-state index in [1.54, 1.807) is 38.3 Å². The number of ether oxygens (including phenoxy) is 1. The molecule has 3 aromatic rings. The minimum Gasteiger partial charge on any atom is -0.496 e. The van der Waals surface area contributed by atoms with Crippen LogP contribution in [0.5, 0.6) is 5.75 Å². The van der Waals surface area contributed by atoms with E-state index >= 15 is 0 Å². The molecule has 0 aliphatic carbocycles. The number of aryl methyl sites for hydroxylation is 1. The van der Waals surface area contributed by atoms with Gasteiger partial charge in [0.2, 0.25) is 17.6 Å². The minimum atomic E-state index is -0.344. The Hall–Kier alpha value is -3.68. The van der Waals surface area contributed by atoms with Crippen LogP contribution in [-0.2, 0) is 11.3 Å². The molecule has 0 aliphatic rings. The molecule has 0 radical (unpaired) electrons. The fourth-order valence-electron chi connectivity index (χ4n) is 2.56. The van der Waals surface area contributed by atoms with E-state index in [1.165, 1.54) is 0 Å². The summed E-state index contributed by atoms with van der Waals surface area (Å²) in [5.41, 5.74) is 2.03. The number of nitrogens with one attached hydrogen (secondary N) is 2. The van der Waals surface area contributed by atoms with Crippen LogP contribution in [0.2, 0.25) is 0 Å². The monoisotopic (exact) mass is 380 g/mol. The summed E-state index contributed by atoms with van der Waals surface area (Å²) in [6.45, 7) is 1.90. The second-order valence-electron chi connectivity index (χ2n) is 5.99. The Bertz CT molecular complexity index is 966. The molecule has 0 atom stereocenters. The summed E-state index contributed by atoms with van der Waals surface area (Å²) < 4.78 is 10.2. The number of hydrogen-bond acceptors (Lipinski definition) is 6. The number of carbonyl (C=O) groups excluding carboxylic acids is 2. The Morgan fingerprint density at radius 3 is 2.50 bits per heavy atom. The van der Waals surface area contributed by atoms with Gasteiger partial charge in [0.25, 0.3) is 5.91 Å². The van der Waals surface area contributed by atoms with Gasteiger partial charge in [-0.2, -0.15) is 4.98 Å². The average Bonchev–Trinajstić information content (AvgIpc) is 3.17. The third-order valence-corrected chi connectivity index (χ3v) is 4.01. The van der Waals surface area contributed by atoms with Gasteiger partial charge in [-0.1, -0.05) is 35.5 Å². The summed E-state index contributed by atoms with van der Waals surface area (Å²) in [5, 5.41) is 9.18. The highest BCUT2D eigenvalue weighted by Gasteiger charge is 2.11. The fraction of sp³-hybridized carbons (Fsp3) is 0.200. The van der Waals surface area contributed by atoms with E-state index in [1.807, 2.05) is 24.3 Å². The molecule has 0 saturated heterocycles. The van der Waals surface area contributed by atoms with Crippen LogP contribution in [0.3, 0.4) is 0 Å². The summed E-state index contributed by atoms with van der Waals surface area (Å²) in [7, 11) is 1.58. The molecule has 0 saturated carbocycles. The van der Waals surface area contributed by atoms with Gasteiger partial charge in [-0.25, -0.2) is 0 Å². The number of methoxy groups -OCH3 is 1. The molecule has 8 heteroatoms. The molecule has 144 valence electrons. The summed E-state index contributed by atoms with van der Waals surface area (Å²) >= 11 is 0. The van der Waals surface area contributed by atoms with Crippen molar-refractivity contribution in [1.82, 2.24) is 20.8 Å². The summed E-state index contributed by atoms with van der Waals surface area (Å²) in [4.78, 5) is 28.3. The SMILES string of the molecule is COc1ccccc1CNC(=O)CNC(=O)c1ccc(-c2noc(C)n2)cc1. The van der Waals surface area contributed by atoms with Crippen molar-refractivity contribution in [2.45, 2.75) is 13.5 Å². The van der Waals surface area contributed by atoms with Crippen molar-refractivity contribution in [2.24, 2.45) is 0 Å². The Labute approximate surface area is 161 Å². The molecular weight excluding hydrogens is 360 g/mol. The molecule has 0 aliphatic heterocycles. The van der Waals surface area contributed by atoms with Gasteiger partial charge in [0.15, 0.2) is 0 Å². The summed E-state index contributed by atoms with van der Waals surface area (Å²) in [6.07, 6.45) is 0. The van der Waals surface area contributed by atoms with Crippen LogP contribution < -0.4 is 15.4 Å². The zero-order valence-electron chi connectivity index (χ0n) is 15.6. The van der Waals surface area contributed by atoms with Gasteiger partial charge in [-0.05, 0) is 18.2 Å². The van der Waals surface area contributed by atoms with Gasteiger partial charge in [-0.3, -0.25) is 9.59 Å². The Morgan fingerprint density at radius 2 is 1.82 bits per heavy atom. The first-order valence-corrected chi connectivity index (χ1v) is 8.64. The largest absolute Gasteiger partial charge is 0.496 e. The molecule has 8 nitrogen and oxygen atoms in total. The quantitative estimate of drug-likeness (QED) is 0.650. The van der Waals surface area contributed by atoms with E-state index in [0.29, 0.717) is 29.6 Å². The lowest BCUT2D eigenvalue weighted by Gasteiger charge is -2.10. The van der Waals surface area contributed by atoms with Crippen LogP contribution in [0.25, 0.3) is 11.4 Å². The average molecular weight is 380 g/mol. The highest BCUT2D eigenvalue weighted by molar-refractivity contribution is 5.96. The van der Waals surface area contributed by atoms with Crippen molar-refractivity contribution in [3.8, 4) is 17.1 Å². The molecule has 1 heterocycles. The topological polar surface area (TPSA) is 106 Å². The summed E-state index contributed by atoms with van der Waals surface area (Å²) in [5.74, 6) is 0.987. The van der Waals surface area contributed by atoms with E-state index in [9.17, 15) is 9.59 Å². The van der Waals surface area contributed by atoms with Gasteiger partial charge in [0.05, 0.1) is 13.7 Å². The maximum atomic E-state index is 12.2. The van der Waals surface area contributed by atoms with Gasteiger partial charge in [-0.15, -0.1) is 0 Å². The standard InChI is InChI=1S/C20H20N4O4/c1-13-23-19(24-28-13)14-7-9-15(10-8-14)20(26)22-12-18(25)21-11-16-5-3-4-6-17(16)27-2/h3-10H,11-12H2,1-2H3,(H,21,25)(H,22,26). The number of carbonyl (C=O) groups is 2. The van der Waals surface area contributed by atoms with E-state index in [4.69, 9.17) is 9.26 Å². The maximum Gasteiger partial charge on any atom is 0.251 e. The normalized spacial score (nSPS) is 10.4. The number of hydrogen-bond donors (Lipinski definition) is 2. The van der Waals surface area contributed by atoms with Crippen molar-refractivity contribution in [3.63, 3.8) is 0 Å². The molecule has 28 heavy (non-hydrogen) atoms. The second-order valence-corrected chi connectivity index (χ2v) is 5.99. The smallest absolute Gasteiger partial charge is 0.251 e. The predicted octanol–water partition coefficient (Wildman–Crippen LogP) is 2.10. The number of para-hydroxylation sites is 1. The van der Waals surface area contributed by atoms with Crippen LogP contribution in [0, 0.1) is 6.92 Å². The Morgan fingerprint density at radius 1 is 1.07 bits per heavy atom. The van der Waals surface area contributed by atoms with Crippen molar-refractivity contribution < 1.29 is 18.8 Å². The zero-order valence-corrected chi connectivity index (χ0v) is 15.6. The van der Waals surface area contributed by atoms with Gasteiger partial charge < -0.3 is 19.9 Å². The van der Waals surface area contributed by atoms with E-state index in [2.05, 4.69) is 20.8 Å². The van der Waals surface area contributed by atoms with E-state index in [-0.39, 0.29) is 18.4 Å². The first-order valence-electron chi connectivity index (χ1n) is 8.64. The zero-order chi connectivity index (χ0) is 19.9. The maximum absolute atomic E-state index is 12.2. The molecule has 3 rings (SSSR count). The molecule has 0 spiro atoms. The van der Waals surface area contributed by atoms with E-state index in [0.717, 1.165) is 11.1 Å². The lowest BCUT2D eigenvalue weighted by molar-refractivity contribution is -0.120. The molecule has 2 amide bonds. The van der Waals surface area contributed by atoms with Gasteiger partial charge in [0, 0.05) is 30.2 Å². The fourth-order valence-corrected chi connectivity index (χ4v) is 2.56. The highest BCUT2D eigenvalue weighted by atomic mass is 16.5. The number of nitrogens with zero attached hydrogens (tertiary/aromatic N) is 2. The molecule has 1 aromatic heterocycles. The molecule has 2 N–H and O–H groups in total. The summed E-state index contributed by atoms with van der Waals surface area (Å²) in [6, 6.07) is 14.1. The van der Waals surface area contributed by atoms with Crippen LogP contribution in [0.4, 0.5) is 0 Å². The molecular formula is C20H20N4O4. The number of amides is 2. The van der Waals surface area contributed by atoms with Crippen LogP contribution in [0.15, 0.2) is 53.1 Å². The highest BCUT2D eigenvalue weighted by Crippen LogP contribution is 2.17. The molecule has 2 aromatic carbocycles. The van der Waals surface area contributed by atoms with Crippen LogP contribution >= 0.6 is 0 Å². The van der Waals surface area contributed by atoms with Crippen molar-refractivity contribution >= 4 is 11.8 Å². The Kier molecular flexibility index (Phi) is 6.01. The first-order chi connectivity index (χ1) is 13.6. The lowest BCUT2D eigenvalue weighted by atomic mass is 10.1. The molecule has 0 fully saturated rings. The van der Waals surface area contributed by atoms with Crippen LogP contribution in [0.1, 0.15) is 21.8 Å². The van der Waals surface area contributed by atoms with Gasteiger partial charge >= 0.3 is 0 Å². The second kappa shape index (κ2) is 8.81. The number of benzene rings is 2. The number of rotatable bonds is 7. The third-order valence-electron chi connectivity index (χ3n) is 4.01. The van der Waals surface area contributed by atoms with E-state index < -0.39 is 0 Å². The minimum absolute atomic E-state index is 0.125. The number of aromatic nitrogens is 2. The predicted molar refractivity (Wildman–Crippen MR) is 102 cm³/mol. The van der Waals surface area contributed by atoms with Crippen molar-refractivity contribution in [3.05, 3.63) is 65.5 Å². The molecule has 0 bridgehead atoms. The van der Waals surface area contributed by atoms with Gasteiger partial charge in [0.1, 0.15) is 5.75 Å². The van der Waals surface area contributed by atoms with Crippen molar-refractivity contribution in [2.75, 3.05) is 13.7 Å². The third kappa shape index (κ3) is 4.73. The molecule has 0 unspecified atom stereocenters. The lowest BCUT2D eigenvalue weighted by Crippen LogP contribution is -2.36.